The molecule has 0 saturated heterocycles. The summed E-state index contributed by atoms with van der Waals surface area (Å²) in [5, 5.41) is 8.06. The molecule has 0 aliphatic rings. The van der Waals surface area contributed by atoms with Crippen LogP contribution < -0.4 is 0 Å². The van der Waals surface area contributed by atoms with Gasteiger partial charge in [0, 0.05) is 21.8 Å². The molecule has 4 aromatic rings. The van der Waals surface area contributed by atoms with Crippen molar-refractivity contribution in [2.24, 2.45) is 0 Å². The van der Waals surface area contributed by atoms with Crippen molar-refractivity contribution in [2.45, 2.75) is 0 Å². The van der Waals surface area contributed by atoms with Crippen molar-refractivity contribution in [3.05, 3.63) is 59.2 Å². The highest BCUT2D eigenvalue weighted by atomic mass is 79.9. The summed E-state index contributed by atoms with van der Waals surface area (Å²) in [5.74, 6) is 0. The van der Waals surface area contributed by atoms with E-state index < -0.39 is 0 Å². The standard InChI is InChI=1S/C16H10BrN3S/c17-12-5-6-14-15(9-12)21-16(19-14)11-3-1-10(2-4-11)13-7-8-18-20-13/h1-9H,(H,18,20). The predicted octanol–water partition coefficient (Wildman–Crippen LogP) is 5.12. The predicted molar refractivity (Wildman–Crippen MR) is 90.3 cm³/mol. The van der Waals surface area contributed by atoms with E-state index >= 15 is 0 Å². The van der Waals surface area contributed by atoms with E-state index in [0.717, 1.165) is 31.8 Å². The van der Waals surface area contributed by atoms with E-state index in [9.17, 15) is 0 Å². The number of halogens is 1. The molecule has 2 aromatic carbocycles. The minimum absolute atomic E-state index is 0.954. The lowest BCUT2D eigenvalue weighted by Crippen LogP contribution is -1.80. The second-order valence-electron chi connectivity index (χ2n) is 4.67. The van der Waals surface area contributed by atoms with Gasteiger partial charge < -0.3 is 0 Å². The molecule has 102 valence electrons. The second-order valence-corrected chi connectivity index (χ2v) is 6.61. The van der Waals surface area contributed by atoms with Crippen molar-refractivity contribution in [3.63, 3.8) is 0 Å². The van der Waals surface area contributed by atoms with Gasteiger partial charge in [0.25, 0.3) is 0 Å². The Bertz CT molecular complexity index is 895. The number of H-pyrrole nitrogens is 1. The third-order valence-electron chi connectivity index (χ3n) is 3.28. The van der Waals surface area contributed by atoms with Crippen molar-refractivity contribution >= 4 is 37.5 Å². The number of aromatic nitrogens is 3. The van der Waals surface area contributed by atoms with Crippen LogP contribution in [0, 0.1) is 0 Å². The molecule has 0 spiro atoms. The summed E-state index contributed by atoms with van der Waals surface area (Å²) in [4.78, 5) is 4.69. The Morgan fingerprint density at radius 1 is 0.952 bits per heavy atom. The van der Waals surface area contributed by atoms with Gasteiger partial charge in [0.15, 0.2) is 0 Å². The summed E-state index contributed by atoms with van der Waals surface area (Å²) >= 11 is 5.20. The summed E-state index contributed by atoms with van der Waals surface area (Å²) in [7, 11) is 0. The van der Waals surface area contributed by atoms with E-state index in [1.165, 1.54) is 4.70 Å². The molecule has 0 atom stereocenters. The molecule has 0 fully saturated rings. The Labute approximate surface area is 133 Å². The van der Waals surface area contributed by atoms with Crippen molar-refractivity contribution in [1.29, 1.82) is 0 Å². The van der Waals surface area contributed by atoms with E-state index in [-0.39, 0.29) is 0 Å². The first kappa shape index (κ1) is 12.7. The lowest BCUT2D eigenvalue weighted by Gasteiger charge is -1.98. The molecule has 0 bridgehead atoms. The highest BCUT2D eigenvalue weighted by molar-refractivity contribution is 9.10. The third-order valence-corrected chi connectivity index (χ3v) is 4.84. The van der Waals surface area contributed by atoms with Crippen LogP contribution in [0.15, 0.2) is 59.2 Å². The molecule has 5 heteroatoms. The SMILES string of the molecule is Brc1ccc2nc(-c3ccc(-c4cc[nH]n4)cc3)sc2c1. The van der Waals surface area contributed by atoms with Gasteiger partial charge in [-0.2, -0.15) is 5.10 Å². The van der Waals surface area contributed by atoms with E-state index in [1.54, 1.807) is 11.3 Å². The van der Waals surface area contributed by atoms with Crippen LogP contribution in [0.3, 0.4) is 0 Å². The van der Waals surface area contributed by atoms with Crippen LogP contribution in [-0.4, -0.2) is 15.2 Å². The molecule has 2 aromatic heterocycles. The molecule has 0 aliphatic heterocycles. The summed E-state index contributed by atoms with van der Waals surface area (Å²) in [6.07, 6.45) is 1.83. The van der Waals surface area contributed by atoms with Crippen LogP contribution in [0.25, 0.3) is 32.0 Å². The topological polar surface area (TPSA) is 41.6 Å². The number of benzene rings is 2. The van der Waals surface area contributed by atoms with Gasteiger partial charge in [-0.3, -0.25) is 5.10 Å². The summed E-state index contributed by atoms with van der Waals surface area (Å²) in [6.45, 7) is 0. The fourth-order valence-corrected chi connectivity index (χ4v) is 3.75. The lowest BCUT2D eigenvalue weighted by molar-refractivity contribution is 1.10. The maximum atomic E-state index is 4.69. The second kappa shape index (κ2) is 5.09. The molecule has 3 nitrogen and oxygen atoms in total. The van der Waals surface area contributed by atoms with Crippen LogP contribution >= 0.6 is 27.3 Å². The maximum Gasteiger partial charge on any atom is 0.124 e. The largest absolute Gasteiger partial charge is 0.285 e. The Morgan fingerprint density at radius 3 is 2.52 bits per heavy atom. The van der Waals surface area contributed by atoms with Crippen LogP contribution in [0.1, 0.15) is 0 Å². The Kier molecular flexibility index (Phi) is 3.09. The molecule has 2 heterocycles. The molecule has 21 heavy (non-hydrogen) atoms. The molecule has 4 rings (SSSR count). The first-order valence-electron chi connectivity index (χ1n) is 6.46. The zero-order valence-corrected chi connectivity index (χ0v) is 13.3. The van der Waals surface area contributed by atoms with Gasteiger partial charge in [0.2, 0.25) is 0 Å². The van der Waals surface area contributed by atoms with E-state index in [2.05, 4.69) is 56.5 Å². The molecule has 0 amide bonds. The summed E-state index contributed by atoms with van der Waals surface area (Å²) in [6, 6.07) is 16.5. The Balaban J connectivity index is 1.74. The smallest absolute Gasteiger partial charge is 0.124 e. The molecule has 0 saturated carbocycles. The van der Waals surface area contributed by atoms with Gasteiger partial charge in [-0.25, -0.2) is 4.98 Å². The van der Waals surface area contributed by atoms with Gasteiger partial charge in [-0.05, 0) is 24.3 Å². The Hall–Kier alpha value is -1.98. The maximum absolute atomic E-state index is 4.69. The van der Waals surface area contributed by atoms with Gasteiger partial charge in [-0.15, -0.1) is 11.3 Å². The number of thiazole rings is 1. The third kappa shape index (κ3) is 2.39. The minimum atomic E-state index is 0.954. The van der Waals surface area contributed by atoms with Crippen molar-refractivity contribution in [1.82, 2.24) is 15.2 Å². The zero-order chi connectivity index (χ0) is 14.2. The zero-order valence-electron chi connectivity index (χ0n) is 10.9. The molecule has 0 aliphatic carbocycles. The van der Waals surface area contributed by atoms with E-state index in [0.29, 0.717) is 0 Å². The molecular formula is C16H10BrN3S. The number of nitrogens with one attached hydrogen (secondary N) is 1. The molecular weight excluding hydrogens is 346 g/mol. The fraction of sp³-hybridized carbons (Fsp3) is 0. The number of aromatic amines is 1. The number of nitrogens with zero attached hydrogens (tertiary/aromatic N) is 2. The summed E-state index contributed by atoms with van der Waals surface area (Å²) in [5.41, 5.74) is 4.22. The molecule has 1 N–H and O–H groups in total. The first-order valence-corrected chi connectivity index (χ1v) is 8.07. The van der Waals surface area contributed by atoms with Crippen LogP contribution in [0.5, 0.6) is 0 Å². The van der Waals surface area contributed by atoms with Crippen molar-refractivity contribution in [3.8, 4) is 21.8 Å². The number of fused-ring (bicyclic) bond motifs is 1. The van der Waals surface area contributed by atoms with E-state index in [4.69, 9.17) is 4.98 Å². The minimum Gasteiger partial charge on any atom is -0.285 e. The fourth-order valence-electron chi connectivity index (χ4n) is 2.23. The van der Waals surface area contributed by atoms with Crippen LogP contribution in [0.4, 0.5) is 0 Å². The monoisotopic (exact) mass is 355 g/mol. The first-order chi connectivity index (χ1) is 10.3. The van der Waals surface area contributed by atoms with Gasteiger partial charge in [0.05, 0.1) is 15.9 Å². The number of hydrogen-bond acceptors (Lipinski definition) is 3. The lowest BCUT2D eigenvalue weighted by atomic mass is 10.1. The van der Waals surface area contributed by atoms with Gasteiger partial charge >= 0.3 is 0 Å². The van der Waals surface area contributed by atoms with Crippen molar-refractivity contribution < 1.29 is 0 Å². The number of rotatable bonds is 2. The average molecular weight is 356 g/mol. The van der Waals surface area contributed by atoms with Gasteiger partial charge in [-0.1, -0.05) is 40.2 Å². The van der Waals surface area contributed by atoms with Crippen LogP contribution in [-0.2, 0) is 0 Å². The molecule has 0 unspecified atom stereocenters. The Morgan fingerprint density at radius 2 is 1.76 bits per heavy atom. The highest BCUT2D eigenvalue weighted by Gasteiger charge is 2.07. The number of hydrogen-bond donors (Lipinski definition) is 1. The molecule has 0 radical (unpaired) electrons. The summed E-state index contributed by atoms with van der Waals surface area (Å²) < 4.78 is 2.27. The quantitative estimate of drug-likeness (QED) is 0.542. The normalized spacial score (nSPS) is 11.1. The highest BCUT2D eigenvalue weighted by Crippen LogP contribution is 2.32. The average Bonchev–Trinajstić information content (AvgIpc) is 3.16. The van der Waals surface area contributed by atoms with Crippen LogP contribution in [0.2, 0.25) is 0 Å². The van der Waals surface area contributed by atoms with Crippen molar-refractivity contribution in [2.75, 3.05) is 0 Å². The van der Waals surface area contributed by atoms with Gasteiger partial charge in [0.1, 0.15) is 5.01 Å². The van der Waals surface area contributed by atoms with E-state index in [1.807, 2.05) is 24.4 Å².